The molecule has 1 aromatic carbocycles. The SMILES string of the molecule is C=C(NC/C(C)=C(C)/C=C(/C)NC=O)c1cc(Nc2cc(C)nn2C(C)C)cc2c1c(C)cn2C(C)C. The summed E-state index contributed by atoms with van der Waals surface area (Å²) in [6.45, 7) is 23.9. The number of nitrogens with zero attached hydrogens (tertiary/aromatic N) is 3. The van der Waals surface area contributed by atoms with E-state index in [-0.39, 0.29) is 6.04 Å². The number of nitrogens with one attached hydrogen (secondary N) is 3. The van der Waals surface area contributed by atoms with Crippen LogP contribution in [-0.2, 0) is 4.79 Å². The Labute approximate surface area is 221 Å². The van der Waals surface area contributed by atoms with E-state index in [0.29, 0.717) is 19.0 Å². The van der Waals surface area contributed by atoms with E-state index >= 15 is 0 Å². The molecule has 0 aliphatic rings. The van der Waals surface area contributed by atoms with Crippen LogP contribution in [0.5, 0.6) is 0 Å². The zero-order valence-electron chi connectivity index (χ0n) is 23.8. The fourth-order valence-electron chi connectivity index (χ4n) is 4.53. The number of allylic oxidation sites excluding steroid dienone is 3. The third-order valence-electron chi connectivity index (χ3n) is 6.58. The molecule has 0 saturated heterocycles. The maximum absolute atomic E-state index is 10.7. The van der Waals surface area contributed by atoms with E-state index in [1.165, 1.54) is 22.0 Å². The van der Waals surface area contributed by atoms with E-state index in [1.54, 1.807) is 0 Å². The first-order valence-corrected chi connectivity index (χ1v) is 12.9. The van der Waals surface area contributed by atoms with E-state index in [0.717, 1.165) is 39.7 Å². The van der Waals surface area contributed by atoms with Crippen LogP contribution in [0.2, 0.25) is 0 Å². The van der Waals surface area contributed by atoms with Crippen molar-refractivity contribution in [3.63, 3.8) is 0 Å². The number of carbonyl (C=O) groups excluding carboxylic acids is 1. The van der Waals surface area contributed by atoms with Gasteiger partial charge in [-0.3, -0.25) is 4.79 Å². The minimum Gasteiger partial charge on any atom is -0.381 e. The summed E-state index contributed by atoms with van der Waals surface area (Å²) in [6, 6.07) is 7.04. The molecule has 3 rings (SSSR count). The first-order valence-electron chi connectivity index (χ1n) is 12.9. The zero-order valence-corrected chi connectivity index (χ0v) is 23.8. The van der Waals surface area contributed by atoms with Crippen molar-refractivity contribution in [1.82, 2.24) is 25.0 Å². The van der Waals surface area contributed by atoms with Gasteiger partial charge in [-0.15, -0.1) is 0 Å². The van der Waals surface area contributed by atoms with E-state index in [4.69, 9.17) is 0 Å². The van der Waals surface area contributed by atoms with Gasteiger partial charge in [-0.2, -0.15) is 5.10 Å². The molecule has 198 valence electrons. The molecule has 1 amide bonds. The molecule has 2 aromatic heterocycles. The van der Waals surface area contributed by atoms with E-state index in [2.05, 4.69) is 98.1 Å². The number of aromatic nitrogens is 3. The van der Waals surface area contributed by atoms with Gasteiger partial charge in [0.15, 0.2) is 0 Å². The maximum Gasteiger partial charge on any atom is 0.211 e. The molecule has 37 heavy (non-hydrogen) atoms. The summed E-state index contributed by atoms with van der Waals surface area (Å²) in [5.41, 5.74) is 9.40. The molecule has 0 spiro atoms. The van der Waals surface area contributed by atoms with Crippen LogP contribution >= 0.6 is 0 Å². The number of carbonyl (C=O) groups is 1. The average Bonchev–Trinajstić information content (AvgIpc) is 3.36. The minimum atomic E-state index is 0.246. The molecule has 0 bridgehead atoms. The number of fused-ring (bicyclic) bond motifs is 1. The summed E-state index contributed by atoms with van der Waals surface area (Å²) in [5, 5.41) is 15.7. The van der Waals surface area contributed by atoms with Crippen molar-refractivity contribution in [1.29, 1.82) is 0 Å². The van der Waals surface area contributed by atoms with Gasteiger partial charge < -0.3 is 20.5 Å². The number of amides is 1. The number of hydrogen-bond donors (Lipinski definition) is 3. The number of hydrogen-bond acceptors (Lipinski definition) is 4. The monoisotopic (exact) mass is 502 g/mol. The van der Waals surface area contributed by atoms with Crippen molar-refractivity contribution in [3.8, 4) is 0 Å². The van der Waals surface area contributed by atoms with Crippen molar-refractivity contribution >= 4 is 34.5 Å². The predicted molar refractivity (Wildman–Crippen MR) is 156 cm³/mol. The highest BCUT2D eigenvalue weighted by Crippen LogP contribution is 2.34. The van der Waals surface area contributed by atoms with Crippen molar-refractivity contribution in [2.45, 2.75) is 74.4 Å². The van der Waals surface area contributed by atoms with Crippen molar-refractivity contribution < 1.29 is 4.79 Å². The predicted octanol–water partition coefficient (Wildman–Crippen LogP) is 6.91. The van der Waals surface area contributed by atoms with Crippen LogP contribution in [-0.4, -0.2) is 27.3 Å². The molecule has 3 N–H and O–H groups in total. The van der Waals surface area contributed by atoms with Crippen LogP contribution < -0.4 is 16.0 Å². The van der Waals surface area contributed by atoms with Gasteiger partial charge in [0, 0.05) is 58.9 Å². The summed E-state index contributed by atoms with van der Waals surface area (Å²) >= 11 is 0. The van der Waals surface area contributed by atoms with Crippen LogP contribution in [0.25, 0.3) is 16.6 Å². The molecule has 3 aromatic rings. The summed E-state index contributed by atoms with van der Waals surface area (Å²) in [5.74, 6) is 0.969. The third-order valence-corrected chi connectivity index (χ3v) is 6.58. The molecule has 7 heteroatoms. The largest absolute Gasteiger partial charge is 0.381 e. The normalized spacial score (nSPS) is 12.8. The molecular weight excluding hydrogens is 460 g/mol. The van der Waals surface area contributed by atoms with Crippen LogP contribution in [0.15, 0.2) is 53.9 Å². The first kappa shape index (κ1) is 27.8. The fraction of sp³-hybridized carbons (Fsp3) is 0.400. The van der Waals surface area contributed by atoms with Crippen LogP contribution in [0.3, 0.4) is 0 Å². The Morgan fingerprint density at radius 2 is 1.78 bits per heavy atom. The lowest BCUT2D eigenvalue weighted by Gasteiger charge is -2.18. The van der Waals surface area contributed by atoms with E-state index in [9.17, 15) is 4.79 Å². The summed E-state index contributed by atoms with van der Waals surface area (Å²) < 4.78 is 4.34. The first-order chi connectivity index (χ1) is 17.4. The smallest absolute Gasteiger partial charge is 0.211 e. The molecule has 2 heterocycles. The Bertz CT molecular complexity index is 1370. The van der Waals surface area contributed by atoms with Gasteiger partial charge in [-0.25, -0.2) is 4.68 Å². The van der Waals surface area contributed by atoms with Crippen molar-refractivity contribution in [3.05, 3.63) is 70.7 Å². The zero-order chi connectivity index (χ0) is 27.4. The lowest BCUT2D eigenvalue weighted by atomic mass is 10.0. The molecule has 0 radical (unpaired) electrons. The van der Waals surface area contributed by atoms with Crippen LogP contribution in [0, 0.1) is 13.8 Å². The highest BCUT2D eigenvalue weighted by atomic mass is 16.1. The minimum absolute atomic E-state index is 0.246. The quantitative estimate of drug-likeness (QED) is 0.197. The fourth-order valence-corrected chi connectivity index (χ4v) is 4.53. The standard InChI is InChI=1S/C30H42N6O/c1-18(2)35-16-22(7)30-27(25(10)31-15-21(6)20(5)11-23(8)32-17-37)13-26(14-28(30)35)33-29-12-24(9)34-36(29)19(3)4/h11-14,16-19,31,33H,10,15H2,1-9H3,(H,32,37)/b21-20+,23-11-. The number of rotatable bonds is 11. The highest BCUT2D eigenvalue weighted by molar-refractivity contribution is 5.97. The lowest BCUT2D eigenvalue weighted by molar-refractivity contribution is -0.108. The Balaban J connectivity index is 2.02. The summed E-state index contributed by atoms with van der Waals surface area (Å²) in [6.07, 6.45) is 4.90. The van der Waals surface area contributed by atoms with Crippen molar-refractivity contribution in [2.75, 3.05) is 11.9 Å². The highest BCUT2D eigenvalue weighted by Gasteiger charge is 2.17. The summed E-state index contributed by atoms with van der Waals surface area (Å²) in [4.78, 5) is 10.7. The second-order valence-corrected chi connectivity index (χ2v) is 10.5. The molecule has 0 fully saturated rings. The molecule has 7 nitrogen and oxygen atoms in total. The Hall–Kier alpha value is -3.74. The number of benzene rings is 1. The van der Waals surface area contributed by atoms with E-state index in [1.807, 2.05) is 31.5 Å². The molecular formula is C30H42N6O. The topological polar surface area (TPSA) is 75.9 Å². The molecule has 0 aliphatic carbocycles. The van der Waals surface area contributed by atoms with Gasteiger partial charge >= 0.3 is 0 Å². The lowest BCUT2D eigenvalue weighted by Crippen LogP contribution is -2.15. The van der Waals surface area contributed by atoms with Crippen molar-refractivity contribution in [2.24, 2.45) is 0 Å². The van der Waals surface area contributed by atoms with Gasteiger partial charge in [-0.1, -0.05) is 12.2 Å². The molecule has 0 atom stereocenters. The Morgan fingerprint density at radius 1 is 1.08 bits per heavy atom. The van der Waals surface area contributed by atoms with Crippen LogP contribution in [0.1, 0.15) is 77.4 Å². The second kappa shape index (κ2) is 11.5. The Morgan fingerprint density at radius 3 is 2.41 bits per heavy atom. The average molecular weight is 503 g/mol. The van der Waals surface area contributed by atoms with Gasteiger partial charge in [0.05, 0.1) is 11.2 Å². The van der Waals surface area contributed by atoms with Gasteiger partial charge in [-0.05, 0) is 91.7 Å². The molecule has 0 aliphatic heterocycles. The van der Waals surface area contributed by atoms with Crippen LogP contribution in [0.4, 0.5) is 11.5 Å². The maximum atomic E-state index is 10.7. The molecule has 0 saturated carbocycles. The second-order valence-electron chi connectivity index (χ2n) is 10.5. The molecule has 0 unspecified atom stereocenters. The third kappa shape index (κ3) is 6.34. The van der Waals surface area contributed by atoms with Gasteiger partial charge in [0.1, 0.15) is 5.82 Å². The van der Waals surface area contributed by atoms with Gasteiger partial charge in [0.2, 0.25) is 6.41 Å². The number of anilines is 2. The van der Waals surface area contributed by atoms with Gasteiger partial charge in [0.25, 0.3) is 0 Å². The Kier molecular flexibility index (Phi) is 8.69. The van der Waals surface area contributed by atoms with E-state index < -0.39 is 0 Å². The number of aryl methyl sites for hydroxylation is 2. The summed E-state index contributed by atoms with van der Waals surface area (Å²) in [7, 11) is 0.